The lowest BCUT2D eigenvalue weighted by Gasteiger charge is -2.04. The summed E-state index contributed by atoms with van der Waals surface area (Å²) >= 11 is 0. The molecule has 0 aliphatic carbocycles. The minimum atomic E-state index is -0.306. The fourth-order valence-electron chi connectivity index (χ4n) is 2.11. The average molecular weight is 251 g/mol. The lowest BCUT2D eigenvalue weighted by molar-refractivity contribution is 0.0526. The summed E-state index contributed by atoms with van der Waals surface area (Å²) in [5, 5.41) is 2.12. The fraction of sp³-hybridized carbons (Fsp3) is 0.125. The fourth-order valence-corrected chi connectivity index (χ4v) is 2.11. The average Bonchev–Trinajstić information content (AvgIpc) is 2.44. The molecule has 0 spiro atoms. The molecule has 0 radical (unpaired) electrons. The number of benzene rings is 2. The Morgan fingerprint density at radius 2 is 1.84 bits per heavy atom. The van der Waals surface area contributed by atoms with Gasteiger partial charge in [-0.2, -0.15) is 0 Å². The summed E-state index contributed by atoms with van der Waals surface area (Å²) in [5.74, 6) is -0.306. The van der Waals surface area contributed by atoms with Crippen LogP contribution in [0.15, 0.2) is 48.5 Å². The quantitative estimate of drug-likeness (QED) is 0.516. The van der Waals surface area contributed by atoms with Gasteiger partial charge in [-0.15, -0.1) is 0 Å². The molecule has 0 aliphatic heterocycles. The van der Waals surface area contributed by atoms with Gasteiger partial charge in [0.05, 0.1) is 23.2 Å². The third kappa shape index (κ3) is 2.15. The van der Waals surface area contributed by atoms with E-state index in [4.69, 9.17) is 4.74 Å². The standard InChI is InChI=1S/C16H13NO2/c1-2-19-16(18)13-8-7-12-9-11-5-3-4-6-14(11)17-15(12)10-13/h3-10H,2H2,1H3. The molecule has 19 heavy (non-hydrogen) atoms. The van der Waals surface area contributed by atoms with E-state index in [2.05, 4.69) is 11.1 Å². The molecule has 0 fully saturated rings. The van der Waals surface area contributed by atoms with E-state index >= 15 is 0 Å². The van der Waals surface area contributed by atoms with Gasteiger partial charge < -0.3 is 4.74 Å². The second kappa shape index (κ2) is 4.69. The summed E-state index contributed by atoms with van der Waals surface area (Å²) in [6, 6.07) is 15.5. The van der Waals surface area contributed by atoms with Crippen LogP contribution in [0.3, 0.4) is 0 Å². The van der Waals surface area contributed by atoms with Crippen LogP contribution in [0.5, 0.6) is 0 Å². The number of ether oxygens (including phenoxy) is 1. The molecule has 0 unspecified atom stereocenters. The Hall–Kier alpha value is -2.42. The molecule has 1 aromatic heterocycles. The number of fused-ring (bicyclic) bond motifs is 2. The number of carbonyl (C=O) groups excluding carboxylic acids is 1. The van der Waals surface area contributed by atoms with E-state index in [1.54, 1.807) is 19.1 Å². The largest absolute Gasteiger partial charge is 0.462 e. The highest BCUT2D eigenvalue weighted by Gasteiger charge is 2.08. The van der Waals surface area contributed by atoms with E-state index in [-0.39, 0.29) is 5.97 Å². The van der Waals surface area contributed by atoms with Gasteiger partial charge in [0.25, 0.3) is 0 Å². The molecule has 1 heterocycles. The third-order valence-corrected chi connectivity index (χ3v) is 3.03. The highest BCUT2D eigenvalue weighted by Crippen LogP contribution is 2.20. The summed E-state index contributed by atoms with van der Waals surface area (Å²) in [4.78, 5) is 16.3. The van der Waals surface area contributed by atoms with Gasteiger partial charge in [0, 0.05) is 10.8 Å². The van der Waals surface area contributed by atoms with Crippen molar-refractivity contribution in [2.24, 2.45) is 0 Å². The molecule has 3 nitrogen and oxygen atoms in total. The maximum absolute atomic E-state index is 11.7. The van der Waals surface area contributed by atoms with Gasteiger partial charge in [-0.3, -0.25) is 0 Å². The van der Waals surface area contributed by atoms with Crippen molar-refractivity contribution in [1.29, 1.82) is 0 Å². The van der Waals surface area contributed by atoms with Gasteiger partial charge in [0.1, 0.15) is 0 Å². The van der Waals surface area contributed by atoms with E-state index in [0.717, 1.165) is 21.8 Å². The third-order valence-electron chi connectivity index (χ3n) is 3.03. The number of esters is 1. The van der Waals surface area contributed by atoms with Crippen LogP contribution in [0.1, 0.15) is 17.3 Å². The second-order valence-corrected chi connectivity index (χ2v) is 4.31. The maximum Gasteiger partial charge on any atom is 0.338 e. The summed E-state index contributed by atoms with van der Waals surface area (Å²) in [5.41, 5.74) is 2.28. The van der Waals surface area contributed by atoms with Crippen molar-refractivity contribution in [2.75, 3.05) is 6.61 Å². The molecule has 0 saturated heterocycles. The predicted molar refractivity (Wildman–Crippen MR) is 75.2 cm³/mol. The van der Waals surface area contributed by atoms with E-state index in [0.29, 0.717) is 12.2 Å². The Labute approximate surface area is 110 Å². The number of nitrogens with zero attached hydrogens (tertiary/aromatic N) is 1. The van der Waals surface area contributed by atoms with Crippen molar-refractivity contribution in [3.63, 3.8) is 0 Å². The van der Waals surface area contributed by atoms with Crippen LogP contribution in [0, 0.1) is 0 Å². The van der Waals surface area contributed by atoms with Crippen LogP contribution < -0.4 is 0 Å². The van der Waals surface area contributed by atoms with Crippen LogP contribution in [0.4, 0.5) is 0 Å². The first-order valence-corrected chi connectivity index (χ1v) is 6.24. The number of para-hydroxylation sites is 1. The van der Waals surface area contributed by atoms with E-state index in [9.17, 15) is 4.79 Å². The minimum Gasteiger partial charge on any atom is -0.462 e. The Morgan fingerprint density at radius 3 is 2.68 bits per heavy atom. The van der Waals surface area contributed by atoms with Crippen LogP contribution in [-0.2, 0) is 4.74 Å². The molecule has 0 bridgehead atoms. The Balaban J connectivity index is 2.16. The number of pyridine rings is 1. The van der Waals surface area contributed by atoms with Gasteiger partial charge in [-0.05, 0) is 31.2 Å². The number of carbonyl (C=O) groups is 1. The van der Waals surface area contributed by atoms with Crippen molar-refractivity contribution >= 4 is 27.8 Å². The molecule has 0 atom stereocenters. The molecule has 0 N–H and O–H groups in total. The molecule has 0 saturated carbocycles. The first-order chi connectivity index (χ1) is 9.28. The van der Waals surface area contributed by atoms with Crippen molar-refractivity contribution in [3.8, 4) is 0 Å². The Kier molecular flexibility index (Phi) is 2.88. The Morgan fingerprint density at radius 1 is 1.05 bits per heavy atom. The van der Waals surface area contributed by atoms with E-state index in [1.807, 2.05) is 30.3 Å². The highest BCUT2D eigenvalue weighted by atomic mass is 16.5. The summed E-state index contributed by atoms with van der Waals surface area (Å²) in [6.45, 7) is 2.17. The van der Waals surface area contributed by atoms with Gasteiger partial charge in [-0.25, -0.2) is 9.78 Å². The predicted octanol–water partition coefficient (Wildman–Crippen LogP) is 3.56. The van der Waals surface area contributed by atoms with Crippen LogP contribution >= 0.6 is 0 Å². The van der Waals surface area contributed by atoms with Crippen molar-refractivity contribution < 1.29 is 9.53 Å². The van der Waals surface area contributed by atoms with Crippen molar-refractivity contribution in [3.05, 3.63) is 54.1 Å². The van der Waals surface area contributed by atoms with Crippen molar-refractivity contribution in [1.82, 2.24) is 4.98 Å². The highest BCUT2D eigenvalue weighted by molar-refractivity contribution is 5.97. The molecular formula is C16H13NO2. The topological polar surface area (TPSA) is 39.2 Å². The van der Waals surface area contributed by atoms with Crippen LogP contribution in [0.25, 0.3) is 21.8 Å². The number of hydrogen-bond donors (Lipinski definition) is 0. The zero-order chi connectivity index (χ0) is 13.2. The first kappa shape index (κ1) is 11.7. The molecule has 2 aromatic carbocycles. The monoisotopic (exact) mass is 251 g/mol. The van der Waals surface area contributed by atoms with E-state index in [1.165, 1.54) is 0 Å². The van der Waals surface area contributed by atoms with Crippen molar-refractivity contribution in [2.45, 2.75) is 6.92 Å². The number of aromatic nitrogens is 1. The zero-order valence-electron chi connectivity index (χ0n) is 10.6. The smallest absolute Gasteiger partial charge is 0.338 e. The summed E-state index contributed by atoms with van der Waals surface area (Å²) in [7, 11) is 0. The van der Waals surface area contributed by atoms with Gasteiger partial charge in [0.15, 0.2) is 0 Å². The maximum atomic E-state index is 11.7. The lowest BCUT2D eigenvalue weighted by Crippen LogP contribution is -2.04. The van der Waals surface area contributed by atoms with Crippen LogP contribution in [0.2, 0.25) is 0 Å². The van der Waals surface area contributed by atoms with Crippen LogP contribution in [-0.4, -0.2) is 17.6 Å². The second-order valence-electron chi connectivity index (χ2n) is 4.31. The lowest BCUT2D eigenvalue weighted by atomic mass is 10.1. The SMILES string of the molecule is CCOC(=O)c1ccc2cc3ccccc3nc2c1. The molecule has 3 heteroatoms. The van der Waals surface area contributed by atoms with Gasteiger partial charge in [0.2, 0.25) is 0 Å². The summed E-state index contributed by atoms with van der Waals surface area (Å²) < 4.78 is 5.00. The zero-order valence-corrected chi connectivity index (χ0v) is 10.6. The first-order valence-electron chi connectivity index (χ1n) is 6.24. The molecule has 3 rings (SSSR count). The molecule has 3 aromatic rings. The molecule has 0 aliphatic rings. The normalized spacial score (nSPS) is 10.8. The molecular weight excluding hydrogens is 238 g/mol. The van der Waals surface area contributed by atoms with E-state index < -0.39 is 0 Å². The van der Waals surface area contributed by atoms with Gasteiger partial charge in [-0.1, -0.05) is 24.3 Å². The number of rotatable bonds is 2. The summed E-state index contributed by atoms with van der Waals surface area (Å²) in [6.07, 6.45) is 0. The van der Waals surface area contributed by atoms with Gasteiger partial charge >= 0.3 is 5.97 Å². The Bertz CT molecular complexity index is 765. The number of hydrogen-bond acceptors (Lipinski definition) is 3. The molecule has 94 valence electrons. The molecule has 0 amide bonds. The minimum absolute atomic E-state index is 0.306.